The molecule has 0 radical (unpaired) electrons. The minimum absolute atomic E-state index is 0.0541. The van der Waals surface area contributed by atoms with Gasteiger partial charge in [-0.15, -0.1) is 0 Å². The van der Waals surface area contributed by atoms with Gasteiger partial charge in [0, 0.05) is 13.1 Å². The molecule has 0 aliphatic rings. The number of carbonyl (C=O) groups excluding carboxylic acids is 2. The molecule has 2 amide bonds. The third-order valence-corrected chi connectivity index (χ3v) is 7.47. The van der Waals surface area contributed by atoms with Gasteiger partial charge in [-0.3, -0.25) is 9.59 Å². The molecule has 0 saturated heterocycles. The summed E-state index contributed by atoms with van der Waals surface area (Å²) in [7, 11) is 0. The van der Waals surface area contributed by atoms with E-state index in [1.54, 1.807) is 0 Å². The van der Waals surface area contributed by atoms with Crippen LogP contribution in [0, 0.1) is 5.41 Å². The second kappa shape index (κ2) is 14.8. The first-order chi connectivity index (χ1) is 25.8. The molecule has 0 unspecified atom stereocenters. The van der Waals surface area contributed by atoms with Crippen molar-refractivity contribution >= 4 is 11.8 Å². The summed E-state index contributed by atoms with van der Waals surface area (Å²) in [5.41, 5.74) is -3.02. The van der Waals surface area contributed by atoms with E-state index in [2.05, 4.69) is 0 Å². The van der Waals surface area contributed by atoms with Gasteiger partial charge in [0.1, 0.15) is 0 Å². The van der Waals surface area contributed by atoms with Crippen LogP contribution in [0.1, 0.15) is 13.8 Å². The number of hydrogen-bond acceptors (Lipinski definition) is 2. The highest BCUT2D eigenvalue weighted by Crippen LogP contribution is 2.66. The van der Waals surface area contributed by atoms with Crippen LogP contribution < -0.4 is 10.6 Å². The Morgan fingerprint density at radius 1 is 0.279 bits per heavy atom. The van der Waals surface area contributed by atoms with E-state index in [1.165, 1.54) is 0 Å². The van der Waals surface area contributed by atoms with E-state index in [-0.39, 0.29) is 24.5 Å². The quantitative estimate of drug-likeness (QED) is 0.135. The largest absolute Gasteiger partial charge is 0.460 e. The van der Waals surface area contributed by atoms with Crippen molar-refractivity contribution in [3.63, 3.8) is 0 Å². The second-order valence-electron chi connectivity index (χ2n) is 12.6. The van der Waals surface area contributed by atoms with E-state index in [0.29, 0.717) is 0 Å². The van der Waals surface area contributed by atoms with Crippen LogP contribution in [0.25, 0.3) is 0 Å². The van der Waals surface area contributed by atoms with Crippen molar-refractivity contribution < 1.29 is 159 Å². The molecular formula is C23H12F34N2O2. The molecule has 0 saturated carbocycles. The maximum atomic E-state index is 14.1. The minimum atomic E-state index is -9.19. The Labute approximate surface area is 310 Å². The van der Waals surface area contributed by atoms with Crippen molar-refractivity contribution in [1.82, 2.24) is 10.6 Å². The number of halogens is 34. The average molecular weight is 994 g/mol. The molecule has 2 N–H and O–H groups in total. The Kier molecular flexibility index (Phi) is 14.0. The van der Waals surface area contributed by atoms with Crippen LogP contribution in [0.3, 0.4) is 0 Å². The lowest BCUT2D eigenvalue weighted by molar-refractivity contribution is -0.459. The lowest BCUT2D eigenvalue weighted by Gasteiger charge is -2.42. The fourth-order valence-corrected chi connectivity index (χ4v) is 3.54. The van der Waals surface area contributed by atoms with Crippen LogP contribution in [0.15, 0.2) is 0 Å². The van der Waals surface area contributed by atoms with Gasteiger partial charge in [0.25, 0.3) is 11.8 Å². The molecule has 0 aromatic heterocycles. The van der Waals surface area contributed by atoms with Crippen LogP contribution in [0.5, 0.6) is 0 Å². The fourth-order valence-electron chi connectivity index (χ4n) is 3.54. The van der Waals surface area contributed by atoms with E-state index in [4.69, 9.17) is 0 Å². The summed E-state index contributed by atoms with van der Waals surface area (Å²) < 4.78 is 454. The van der Waals surface area contributed by atoms with Crippen molar-refractivity contribution in [1.29, 1.82) is 0 Å². The molecule has 0 heterocycles. The molecular weight excluding hydrogens is 982 g/mol. The van der Waals surface area contributed by atoms with E-state index >= 15 is 0 Å². The standard InChI is InChI=1S/C23H12F34N2O2/c1-7(2,3-58-5(60)8(24,25)10(28,29)12(32,33)14(36,37)16(40,41)18(44,45)20(48,49)22(52,53)54)4-59-6(61)9(26,27)11(30,31)13(34,35)15(38,39)17(42,43)19(46,47)21(50,51)23(55,56)57/h3-4H2,1-2H3,(H,58,60)(H,59,61). The minimum Gasteiger partial charge on any atom is -0.350 e. The monoisotopic (exact) mass is 994 g/mol. The number of carbonyl (C=O) groups is 2. The topological polar surface area (TPSA) is 58.2 Å². The summed E-state index contributed by atoms with van der Waals surface area (Å²) in [4.78, 5) is 23.1. The zero-order valence-corrected chi connectivity index (χ0v) is 27.6. The SMILES string of the molecule is CC(C)(CNC(=O)C(F)(F)C(F)(F)C(F)(F)C(F)(F)C(F)(F)C(F)(F)C(F)(F)C(F)(F)F)CNC(=O)C(F)(F)C(F)(F)C(F)(F)C(F)(F)C(F)(F)C(F)(F)C(F)(F)C(F)(F)F. The number of hydrogen-bond donors (Lipinski definition) is 2. The fraction of sp³-hybridized carbons (Fsp3) is 0.913. The second-order valence-corrected chi connectivity index (χ2v) is 12.6. The molecule has 61 heavy (non-hydrogen) atoms. The first kappa shape index (κ1) is 57.6. The van der Waals surface area contributed by atoms with E-state index in [0.717, 1.165) is 0 Å². The van der Waals surface area contributed by atoms with Gasteiger partial charge in [-0.05, 0) is 5.41 Å². The summed E-state index contributed by atoms with van der Waals surface area (Å²) in [6, 6.07) is 0. The molecule has 364 valence electrons. The first-order valence-corrected chi connectivity index (χ1v) is 13.7. The third-order valence-electron chi connectivity index (χ3n) is 7.47. The van der Waals surface area contributed by atoms with Crippen molar-refractivity contribution in [2.75, 3.05) is 13.1 Å². The van der Waals surface area contributed by atoms with Crippen LogP contribution in [-0.4, -0.2) is 120 Å². The zero-order valence-electron chi connectivity index (χ0n) is 27.6. The maximum Gasteiger partial charge on any atom is 0.460 e. The Morgan fingerprint density at radius 2 is 0.426 bits per heavy atom. The molecule has 0 aliphatic carbocycles. The molecule has 0 aliphatic heterocycles. The van der Waals surface area contributed by atoms with E-state index in [1.807, 2.05) is 0 Å². The highest BCUT2D eigenvalue weighted by atomic mass is 19.4. The van der Waals surface area contributed by atoms with Gasteiger partial charge >= 0.3 is 95.3 Å². The van der Waals surface area contributed by atoms with E-state index in [9.17, 15) is 159 Å². The molecule has 38 heteroatoms. The number of nitrogens with one attached hydrogen (secondary N) is 2. The predicted octanol–water partition coefficient (Wildman–Crippen LogP) is 10.3. The Hall–Kier alpha value is -3.44. The van der Waals surface area contributed by atoms with Gasteiger partial charge < -0.3 is 10.6 Å². The molecule has 4 nitrogen and oxygen atoms in total. The molecule has 0 fully saturated rings. The predicted molar refractivity (Wildman–Crippen MR) is 121 cm³/mol. The van der Waals surface area contributed by atoms with Crippen LogP contribution in [0.2, 0.25) is 0 Å². The Bertz CT molecular complexity index is 1500. The Morgan fingerprint density at radius 3 is 0.590 bits per heavy atom. The van der Waals surface area contributed by atoms with Gasteiger partial charge in [0.05, 0.1) is 0 Å². The third kappa shape index (κ3) is 7.84. The van der Waals surface area contributed by atoms with Gasteiger partial charge in [0.15, 0.2) is 0 Å². The summed E-state index contributed by atoms with van der Waals surface area (Å²) in [5.74, 6) is -131. The molecule has 0 bridgehead atoms. The normalized spacial score (nSPS) is 16.5. The number of alkyl halides is 34. The van der Waals surface area contributed by atoms with Gasteiger partial charge in [-0.25, -0.2) is 0 Å². The summed E-state index contributed by atoms with van der Waals surface area (Å²) in [6.07, 6.45) is -16.2. The van der Waals surface area contributed by atoms with Crippen LogP contribution >= 0.6 is 0 Å². The lowest BCUT2D eigenvalue weighted by atomic mass is 9.88. The molecule has 0 rings (SSSR count). The average Bonchev–Trinajstić information content (AvgIpc) is 3.03. The highest BCUT2D eigenvalue weighted by molar-refractivity contribution is 5.85. The van der Waals surface area contributed by atoms with Crippen molar-refractivity contribution in [2.24, 2.45) is 5.41 Å². The summed E-state index contributed by atoms with van der Waals surface area (Å²) in [6.45, 7) is -4.54. The molecule has 0 atom stereocenters. The number of amides is 2. The highest BCUT2D eigenvalue weighted by Gasteiger charge is 2.97. The van der Waals surface area contributed by atoms with Crippen LogP contribution in [0.4, 0.5) is 149 Å². The molecule has 0 spiro atoms. The van der Waals surface area contributed by atoms with Crippen molar-refractivity contribution in [3.8, 4) is 0 Å². The molecule has 0 aromatic rings. The lowest BCUT2D eigenvalue weighted by Crippen LogP contribution is -2.75. The van der Waals surface area contributed by atoms with Crippen molar-refractivity contribution in [3.05, 3.63) is 0 Å². The van der Waals surface area contributed by atoms with Crippen molar-refractivity contribution in [2.45, 2.75) is 109 Å². The van der Waals surface area contributed by atoms with Gasteiger partial charge in [-0.1, -0.05) is 13.8 Å². The maximum absolute atomic E-state index is 14.1. The smallest absolute Gasteiger partial charge is 0.350 e. The summed E-state index contributed by atoms with van der Waals surface area (Å²) >= 11 is 0. The van der Waals surface area contributed by atoms with E-state index < -0.39 is 126 Å². The number of rotatable bonds is 18. The van der Waals surface area contributed by atoms with Gasteiger partial charge in [-0.2, -0.15) is 149 Å². The van der Waals surface area contributed by atoms with Gasteiger partial charge in [0.2, 0.25) is 0 Å². The summed E-state index contributed by atoms with van der Waals surface area (Å²) in [5, 5.41) is 0.286. The molecule has 0 aromatic carbocycles. The Balaban J connectivity index is 6.57. The zero-order chi connectivity index (χ0) is 50.5. The first-order valence-electron chi connectivity index (χ1n) is 13.7. The van der Waals surface area contributed by atoms with Crippen LogP contribution in [-0.2, 0) is 9.59 Å².